The number of halogens is 1. The Morgan fingerprint density at radius 1 is 1.16 bits per heavy atom. The Bertz CT molecular complexity index is 647. The average Bonchev–Trinajstić information content (AvgIpc) is 2.40. The maximum Gasteiger partial charge on any atom is 0.242 e. The zero-order valence-electron chi connectivity index (χ0n) is 9.95. The number of nitrogens with zero attached hydrogens (tertiary/aromatic N) is 2. The Labute approximate surface area is 116 Å². The fourth-order valence-electron chi connectivity index (χ4n) is 1.53. The zero-order valence-corrected chi connectivity index (χ0v) is 11.5. The largest absolute Gasteiger partial charge is 0.245 e. The molecule has 2 rings (SSSR count). The van der Waals surface area contributed by atoms with Crippen molar-refractivity contribution in [1.29, 1.82) is 0 Å². The van der Waals surface area contributed by atoms with Gasteiger partial charge in [0.1, 0.15) is 11.2 Å². The molecular weight excluding hydrogens is 286 g/mol. The molecule has 2 aromatic rings. The highest BCUT2D eigenvalue weighted by Crippen LogP contribution is 2.19. The quantitative estimate of drug-likeness (QED) is 0.911. The van der Waals surface area contributed by atoms with Gasteiger partial charge in [0.25, 0.3) is 0 Å². The first-order valence-corrected chi connectivity index (χ1v) is 7.44. The lowest BCUT2D eigenvalue weighted by molar-refractivity contribution is 0.581. The molecule has 0 atom stereocenters. The van der Waals surface area contributed by atoms with E-state index < -0.39 is 10.0 Å². The molecule has 0 aliphatic rings. The third kappa shape index (κ3) is 3.73. The van der Waals surface area contributed by atoms with Gasteiger partial charge in [0, 0.05) is 18.9 Å². The predicted molar refractivity (Wildman–Crippen MR) is 72.4 cm³/mol. The third-order valence-electron chi connectivity index (χ3n) is 2.45. The molecule has 7 heteroatoms. The monoisotopic (exact) mass is 297 g/mol. The molecule has 0 radical (unpaired) electrons. The maximum atomic E-state index is 12.0. The van der Waals surface area contributed by atoms with Crippen molar-refractivity contribution in [3.63, 3.8) is 0 Å². The molecule has 0 aliphatic heterocycles. The van der Waals surface area contributed by atoms with Crippen molar-refractivity contribution in [2.75, 3.05) is 6.54 Å². The van der Waals surface area contributed by atoms with Gasteiger partial charge in [0.05, 0.1) is 5.02 Å². The van der Waals surface area contributed by atoms with Crippen LogP contribution < -0.4 is 4.72 Å². The van der Waals surface area contributed by atoms with E-state index in [1.807, 2.05) is 0 Å². The lowest BCUT2D eigenvalue weighted by Gasteiger charge is -2.07. The van der Waals surface area contributed by atoms with Crippen LogP contribution in [0.15, 0.2) is 47.9 Å². The molecule has 0 unspecified atom stereocenters. The standard InChI is InChI=1S/C12H12ClN3O2S/c13-11-3-1-2-4-12(11)19(17,18)16-6-5-10-7-14-9-15-8-10/h1-4,7-9,16H,5-6H2. The van der Waals surface area contributed by atoms with E-state index in [9.17, 15) is 8.42 Å². The van der Waals surface area contributed by atoms with Crippen LogP contribution in [0.4, 0.5) is 0 Å². The molecule has 5 nitrogen and oxygen atoms in total. The van der Waals surface area contributed by atoms with Crippen LogP contribution in [-0.4, -0.2) is 24.9 Å². The van der Waals surface area contributed by atoms with E-state index in [1.165, 1.54) is 12.4 Å². The molecule has 1 heterocycles. The Balaban J connectivity index is 2.01. The maximum absolute atomic E-state index is 12.0. The molecule has 1 N–H and O–H groups in total. The summed E-state index contributed by atoms with van der Waals surface area (Å²) in [5, 5.41) is 0.207. The minimum atomic E-state index is -3.58. The topological polar surface area (TPSA) is 72.0 Å². The molecule has 0 saturated carbocycles. The molecule has 0 saturated heterocycles. The summed E-state index contributed by atoms with van der Waals surface area (Å²) in [6.45, 7) is 0.265. The lowest BCUT2D eigenvalue weighted by Crippen LogP contribution is -2.26. The number of hydrogen-bond acceptors (Lipinski definition) is 4. The highest BCUT2D eigenvalue weighted by atomic mass is 35.5. The fourth-order valence-corrected chi connectivity index (χ4v) is 3.08. The summed E-state index contributed by atoms with van der Waals surface area (Å²) in [6, 6.07) is 6.32. The molecule has 0 bridgehead atoms. The second-order valence-electron chi connectivity index (χ2n) is 3.82. The number of hydrogen-bond donors (Lipinski definition) is 1. The van der Waals surface area contributed by atoms with Crippen LogP contribution in [0.5, 0.6) is 0 Å². The van der Waals surface area contributed by atoms with Crippen molar-refractivity contribution < 1.29 is 8.42 Å². The van der Waals surface area contributed by atoms with Gasteiger partial charge in [0.15, 0.2) is 0 Å². The first-order valence-electron chi connectivity index (χ1n) is 5.58. The summed E-state index contributed by atoms with van der Waals surface area (Å²) in [5.74, 6) is 0. The van der Waals surface area contributed by atoms with Gasteiger partial charge in [-0.1, -0.05) is 23.7 Å². The zero-order chi connectivity index (χ0) is 13.7. The normalized spacial score (nSPS) is 11.4. The van der Waals surface area contributed by atoms with E-state index in [0.717, 1.165) is 5.56 Å². The Hall–Kier alpha value is -1.50. The van der Waals surface area contributed by atoms with Gasteiger partial charge < -0.3 is 0 Å². The number of benzene rings is 1. The minimum absolute atomic E-state index is 0.0842. The van der Waals surface area contributed by atoms with Gasteiger partial charge in [0.2, 0.25) is 10.0 Å². The fraction of sp³-hybridized carbons (Fsp3) is 0.167. The summed E-state index contributed by atoms with van der Waals surface area (Å²) < 4.78 is 26.5. The summed E-state index contributed by atoms with van der Waals surface area (Å²) in [6.07, 6.45) is 5.25. The number of nitrogens with one attached hydrogen (secondary N) is 1. The van der Waals surface area contributed by atoms with E-state index >= 15 is 0 Å². The molecular formula is C12H12ClN3O2S. The third-order valence-corrected chi connectivity index (χ3v) is 4.41. The first-order chi connectivity index (χ1) is 9.09. The van der Waals surface area contributed by atoms with Crippen LogP contribution in [0.2, 0.25) is 5.02 Å². The summed E-state index contributed by atoms with van der Waals surface area (Å²) >= 11 is 5.87. The van der Waals surface area contributed by atoms with Crippen LogP contribution in [0, 0.1) is 0 Å². The minimum Gasteiger partial charge on any atom is -0.245 e. The van der Waals surface area contributed by atoms with Crippen LogP contribution >= 0.6 is 11.6 Å². The predicted octanol–water partition coefficient (Wildman–Crippen LogP) is 1.65. The van der Waals surface area contributed by atoms with E-state index in [-0.39, 0.29) is 16.5 Å². The Morgan fingerprint density at radius 2 is 1.84 bits per heavy atom. The Kier molecular flexibility index (Phi) is 4.47. The molecule has 0 spiro atoms. The number of aromatic nitrogens is 2. The van der Waals surface area contributed by atoms with Crippen molar-refractivity contribution in [3.05, 3.63) is 53.6 Å². The van der Waals surface area contributed by atoms with E-state index in [2.05, 4.69) is 14.7 Å². The SMILES string of the molecule is O=S(=O)(NCCc1cncnc1)c1ccccc1Cl. The molecule has 19 heavy (non-hydrogen) atoms. The van der Waals surface area contributed by atoms with Crippen molar-refractivity contribution in [2.24, 2.45) is 0 Å². The van der Waals surface area contributed by atoms with Crippen LogP contribution in [0.25, 0.3) is 0 Å². The van der Waals surface area contributed by atoms with Crippen molar-refractivity contribution in [1.82, 2.24) is 14.7 Å². The van der Waals surface area contributed by atoms with Gasteiger partial charge in [-0.15, -0.1) is 0 Å². The van der Waals surface area contributed by atoms with Crippen molar-refractivity contribution in [2.45, 2.75) is 11.3 Å². The molecule has 1 aromatic heterocycles. The number of sulfonamides is 1. The molecule has 100 valence electrons. The summed E-state index contributed by atoms with van der Waals surface area (Å²) in [4.78, 5) is 7.81. The van der Waals surface area contributed by atoms with Gasteiger partial charge >= 0.3 is 0 Å². The highest BCUT2D eigenvalue weighted by Gasteiger charge is 2.16. The van der Waals surface area contributed by atoms with Crippen LogP contribution in [-0.2, 0) is 16.4 Å². The second kappa shape index (κ2) is 6.10. The second-order valence-corrected chi connectivity index (χ2v) is 5.97. The molecule has 0 fully saturated rings. The van der Waals surface area contributed by atoms with Crippen molar-refractivity contribution in [3.8, 4) is 0 Å². The van der Waals surface area contributed by atoms with E-state index in [4.69, 9.17) is 11.6 Å². The van der Waals surface area contributed by atoms with Gasteiger partial charge in [-0.3, -0.25) is 0 Å². The molecule has 0 amide bonds. The Morgan fingerprint density at radius 3 is 2.53 bits per heavy atom. The molecule has 0 aliphatic carbocycles. The van der Waals surface area contributed by atoms with E-state index in [1.54, 1.807) is 30.6 Å². The van der Waals surface area contributed by atoms with Crippen molar-refractivity contribution >= 4 is 21.6 Å². The van der Waals surface area contributed by atoms with Gasteiger partial charge in [-0.05, 0) is 24.1 Å². The summed E-state index contributed by atoms with van der Waals surface area (Å²) in [5.41, 5.74) is 0.865. The van der Waals surface area contributed by atoms with Crippen LogP contribution in [0.1, 0.15) is 5.56 Å². The lowest BCUT2D eigenvalue weighted by atomic mass is 10.2. The first kappa shape index (κ1) is 13.9. The van der Waals surface area contributed by atoms with Gasteiger partial charge in [-0.2, -0.15) is 0 Å². The van der Waals surface area contributed by atoms with E-state index in [0.29, 0.717) is 6.42 Å². The molecule has 1 aromatic carbocycles. The average molecular weight is 298 g/mol. The number of rotatable bonds is 5. The highest BCUT2D eigenvalue weighted by molar-refractivity contribution is 7.89. The summed E-state index contributed by atoms with van der Waals surface area (Å²) in [7, 11) is -3.58. The smallest absolute Gasteiger partial charge is 0.242 e. The van der Waals surface area contributed by atoms with Gasteiger partial charge in [-0.25, -0.2) is 23.1 Å². The van der Waals surface area contributed by atoms with Crippen LogP contribution in [0.3, 0.4) is 0 Å².